The van der Waals surface area contributed by atoms with Crippen molar-refractivity contribution in [2.75, 3.05) is 13.1 Å². The Balaban J connectivity index is 0.000000306. The molecule has 0 saturated carbocycles. The van der Waals surface area contributed by atoms with Crippen molar-refractivity contribution < 1.29 is 19.2 Å². The van der Waals surface area contributed by atoms with Crippen molar-refractivity contribution in [1.82, 2.24) is 20.4 Å². The van der Waals surface area contributed by atoms with E-state index in [9.17, 15) is 14.7 Å². The number of aromatic nitrogens is 2. The van der Waals surface area contributed by atoms with Gasteiger partial charge in [0.2, 0.25) is 12.3 Å². The molecule has 198 valence electrons. The van der Waals surface area contributed by atoms with E-state index in [4.69, 9.17) is 4.52 Å². The first-order valence-corrected chi connectivity index (χ1v) is 13.3. The van der Waals surface area contributed by atoms with Crippen LogP contribution in [-0.2, 0) is 22.6 Å². The molecule has 2 amide bonds. The number of amides is 2. The molecule has 2 N–H and O–H groups in total. The van der Waals surface area contributed by atoms with Crippen molar-refractivity contribution >= 4 is 23.7 Å². The molecule has 1 atom stereocenters. The second kappa shape index (κ2) is 17.4. The molecule has 1 aliphatic rings. The molecule has 1 unspecified atom stereocenters. The summed E-state index contributed by atoms with van der Waals surface area (Å²) in [5.41, 5.74) is 5.96. The van der Waals surface area contributed by atoms with E-state index in [0.29, 0.717) is 38.2 Å². The third kappa shape index (κ3) is 10.7. The van der Waals surface area contributed by atoms with Crippen LogP contribution in [0.2, 0.25) is 0 Å². The molecule has 1 saturated heterocycles. The summed E-state index contributed by atoms with van der Waals surface area (Å²) in [5, 5.41) is 15.6. The van der Waals surface area contributed by atoms with Crippen LogP contribution in [0.25, 0.3) is 10.4 Å². The largest absolute Gasteiger partial charge is 0.391 e. The van der Waals surface area contributed by atoms with E-state index < -0.39 is 0 Å². The number of hydrogen-bond acceptors (Lipinski definition) is 7. The number of nitrogens with one attached hydrogen (secondary N) is 1. The minimum absolute atomic E-state index is 0.0114. The lowest BCUT2D eigenvalue weighted by atomic mass is 10.1. The number of likely N-dealkylation sites (tertiary alicyclic amines) is 1. The fourth-order valence-corrected chi connectivity index (χ4v) is 4.05. The Morgan fingerprint density at radius 2 is 1.92 bits per heavy atom. The van der Waals surface area contributed by atoms with Gasteiger partial charge in [-0.3, -0.25) is 9.59 Å². The average molecular weight is 517 g/mol. The van der Waals surface area contributed by atoms with Crippen molar-refractivity contribution in [2.45, 2.75) is 73.5 Å². The van der Waals surface area contributed by atoms with Crippen LogP contribution in [0.5, 0.6) is 0 Å². The standard InChI is InChI=1S/C12H12N2OS.C10H14N2O3.C3H8.C2H6/c1-9-12(16-8-14-9)11-4-2-10(3-5-11)6-13-7-15;1-7-4-9(15-11-7)5-10(14)12-3-2-8(13)6-12;1-3-2;1-2/h2-5,7-8H,6H2,1H3,(H,13,15);4,8,13H,2-3,5-6H2,1H3;3H2,1-2H3;1-2H3. The predicted molar refractivity (Wildman–Crippen MR) is 145 cm³/mol. The van der Waals surface area contributed by atoms with E-state index in [-0.39, 0.29) is 18.4 Å². The Morgan fingerprint density at radius 1 is 1.25 bits per heavy atom. The Hall–Kier alpha value is -3.04. The number of nitrogens with zero attached hydrogens (tertiary/aromatic N) is 3. The zero-order valence-corrected chi connectivity index (χ0v) is 23.1. The first kappa shape index (κ1) is 31.0. The molecular weight excluding hydrogens is 476 g/mol. The van der Waals surface area contributed by atoms with Gasteiger partial charge in [0.15, 0.2) is 0 Å². The summed E-state index contributed by atoms with van der Waals surface area (Å²) in [6.45, 7) is 13.7. The van der Waals surface area contributed by atoms with Crippen molar-refractivity contribution in [1.29, 1.82) is 0 Å². The van der Waals surface area contributed by atoms with E-state index >= 15 is 0 Å². The summed E-state index contributed by atoms with van der Waals surface area (Å²) < 4.78 is 4.96. The van der Waals surface area contributed by atoms with Gasteiger partial charge < -0.3 is 19.8 Å². The molecule has 1 aliphatic heterocycles. The van der Waals surface area contributed by atoms with Crippen molar-refractivity contribution in [2.24, 2.45) is 0 Å². The maximum Gasteiger partial charge on any atom is 0.230 e. The van der Waals surface area contributed by atoms with E-state index in [1.165, 1.54) is 16.9 Å². The lowest BCUT2D eigenvalue weighted by Crippen LogP contribution is -2.30. The fraction of sp³-hybridized carbons (Fsp3) is 0.481. The lowest BCUT2D eigenvalue weighted by Gasteiger charge is -2.13. The first-order chi connectivity index (χ1) is 17.4. The number of rotatable bonds is 6. The molecule has 8 nitrogen and oxygen atoms in total. The van der Waals surface area contributed by atoms with Gasteiger partial charge in [0.1, 0.15) is 5.76 Å². The van der Waals surface area contributed by atoms with Crippen LogP contribution >= 0.6 is 11.3 Å². The normalized spacial score (nSPS) is 13.9. The predicted octanol–water partition coefficient (Wildman–Crippen LogP) is 4.93. The second-order valence-electron chi connectivity index (χ2n) is 8.06. The van der Waals surface area contributed by atoms with E-state index in [2.05, 4.69) is 41.4 Å². The second-order valence-corrected chi connectivity index (χ2v) is 8.92. The highest BCUT2D eigenvalue weighted by Crippen LogP contribution is 2.27. The number of carbonyl (C=O) groups excluding carboxylic acids is 2. The van der Waals surface area contributed by atoms with Crippen LogP contribution in [0.1, 0.15) is 63.2 Å². The lowest BCUT2D eigenvalue weighted by molar-refractivity contribution is -0.130. The minimum Gasteiger partial charge on any atom is -0.391 e. The van der Waals surface area contributed by atoms with Gasteiger partial charge in [-0.15, -0.1) is 11.3 Å². The molecule has 4 rings (SSSR count). The fourth-order valence-electron chi connectivity index (χ4n) is 3.24. The van der Waals surface area contributed by atoms with Crippen LogP contribution < -0.4 is 5.32 Å². The third-order valence-corrected chi connectivity index (χ3v) is 5.85. The molecule has 1 fully saturated rings. The number of aliphatic hydroxyl groups excluding tert-OH is 1. The molecular formula is C27H40N4O4S. The van der Waals surface area contributed by atoms with Gasteiger partial charge >= 0.3 is 0 Å². The van der Waals surface area contributed by atoms with Gasteiger partial charge in [-0.25, -0.2) is 4.98 Å². The highest BCUT2D eigenvalue weighted by molar-refractivity contribution is 7.13. The van der Waals surface area contributed by atoms with Gasteiger partial charge in [0.25, 0.3) is 0 Å². The van der Waals surface area contributed by atoms with Gasteiger partial charge in [0.05, 0.1) is 34.3 Å². The van der Waals surface area contributed by atoms with Crippen LogP contribution in [0.3, 0.4) is 0 Å². The van der Waals surface area contributed by atoms with Crippen LogP contribution in [0, 0.1) is 13.8 Å². The molecule has 0 aliphatic carbocycles. The molecule has 3 heterocycles. The topological polar surface area (TPSA) is 109 Å². The van der Waals surface area contributed by atoms with E-state index in [1.54, 1.807) is 22.3 Å². The summed E-state index contributed by atoms with van der Waals surface area (Å²) >= 11 is 1.64. The number of aliphatic hydroxyl groups is 1. The Morgan fingerprint density at radius 3 is 2.39 bits per heavy atom. The quantitative estimate of drug-likeness (QED) is 0.450. The van der Waals surface area contributed by atoms with Gasteiger partial charge in [0, 0.05) is 25.7 Å². The molecule has 3 aromatic rings. The van der Waals surface area contributed by atoms with Gasteiger partial charge in [-0.05, 0) is 31.4 Å². The summed E-state index contributed by atoms with van der Waals surface area (Å²) in [4.78, 5) is 28.9. The van der Waals surface area contributed by atoms with Crippen molar-refractivity contribution in [3.63, 3.8) is 0 Å². The van der Waals surface area contributed by atoms with Gasteiger partial charge in [-0.2, -0.15) is 0 Å². The number of carbonyl (C=O) groups is 2. The zero-order chi connectivity index (χ0) is 26.9. The number of aryl methyl sites for hydroxylation is 2. The third-order valence-electron chi connectivity index (χ3n) is 4.87. The van der Waals surface area contributed by atoms with E-state index in [1.807, 2.05) is 45.3 Å². The molecule has 1 aromatic carbocycles. The SMILES string of the molecule is CC.CCC.Cc1cc(CC(=O)N2CCC(O)C2)on1.Cc1ncsc1-c1ccc(CNC=O)cc1. The molecule has 0 radical (unpaired) electrons. The summed E-state index contributed by atoms with van der Waals surface area (Å²) in [5.74, 6) is 0.571. The van der Waals surface area contributed by atoms with Crippen LogP contribution in [0.4, 0.5) is 0 Å². The number of hydrogen-bond donors (Lipinski definition) is 2. The smallest absolute Gasteiger partial charge is 0.230 e. The number of β-amino-alcohol motifs (C(OH)–C–C–N with tert-alkyl or cyclic N) is 1. The van der Waals surface area contributed by atoms with Crippen LogP contribution in [0.15, 0.2) is 40.4 Å². The Labute approximate surface area is 218 Å². The molecule has 2 aromatic heterocycles. The number of thiazole rings is 1. The zero-order valence-electron chi connectivity index (χ0n) is 22.3. The first-order valence-electron chi connectivity index (χ1n) is 12.4. The Kier molecular flexibility index (Phi) is 15.0. The molecule has 36 heavy (non-hydrogen) atoms. The van der Waals surface area contributed by atoms with Gasteiger partial charge in [-0.1, -0.05) is 63.5 Å². The highest BCUT2D eigenvalue weighted by atomic mass is 32.1. The van der Waals surface area contributed by atoms with E-state index in [0.717, 1.165) is 17.0 Å². The summed E-state index contributed by atoms with van der Waals surface area (Å²) in [7, 11) is 0. The Bertz CT molecular complexity index is 1020. The number of benzene rings is 1. The monoisotopic (exact) mass is 516 g/mol. The molecule has 9 heteroatoms. The molecule has 0 spiro atoms. The highest BCUT2D eigenvalue weighted by Gasteiger charge is 2.25. The van der Waals surface area contributed by atoms with Crippen molar-refractivity contribution in [3.8, 4) is 10.4 Å². The maximum absolute atomic E-state index is 11.7. The summed E-state index contributed by atoms with van der Waals surface area (Å²) in [6.07, 6.45) is 2.49. The minimum atomic E-state index is -0.370. The maximum atomic E-state index is 11.7. The van der Waals surface area contributed by atoms with Crippen molar-refractivity contribution in [3.05, 3.63) is 58.6 Å². The average Bonchev–Trinajstić information content (AvgIpc) is 3.62. The summed E-state index contributed by atoms with van der Waals surface area (Å²) in [6, 6.07) is 9.91. The molecule has 0 bridgehead atoms. The van der Waals surface area contributed by atoms with Crippen LogP contribution in [-0.4, -0.2) is 51.7 Å².